The third-order valence-corrected chi connectivity index (χ3v) is 5.96. The van der Waals surface area contributed by atoms with Crippen LogP contribution in [0.25, 0.3) is 0 Å². The molecule has 0 radical (unpaired) electrons. The summed E-state index contributed by atoms with van der Waals surface area (Å²) in [5.74, 6) is 0.207. The number of phenols is 1. The van der Waals surface area contributed by atoms with E-state index >= 15 is 0 Å². The number of benzene rings is 1. The third-order valence-electron chi connectivity index (χ3n) is 5.96. The van der Waals surface area contributed by atoms with Gasteiger partial charge in [0.05, 0.1) is 17.5 Å². The molecule has 5 rings (SSSR count). The molecule has 1 N–H and O–H groups in total. The second kappa shape index (κ2) is 3.38. The maximum Gasteiger partial charge on any atom is 0.238 e. The average Bonchev–Trinajstić information content (AvgIpc) is 3.07. The van der Waals surface area contributed by atoms with Crippen LogP contribution >= 0.6 is 0 Å². The highest BCUT2D eigenvalue weighted by atomic mass is 16.3. The first kappa shape index (κ1) is 11.5. The van der Waals surface area contributed by atoms with Gasteiger partial charge in [-0.2, -0.15) is 0 Å². The fourth-order valence-electron chi connectivity index (χ4n) is 4.93. The molecule has 0 unspecified atom stereocenters. The van der Waals surface area contributed by atoms with Crippen molar-refractivity contribution in [1.82, 2.24) is 0 Å². The Kier molecular flexibility index (Phi) is 1.86. The van der Waals surface area contributed by atoms with Crippen molar-refractivity contribution in [3.05, 3.63) is 36.4 Å². The largest absolute Gasteiger partial charge is 0.508 e. The van der Waals surface area contributed by atoms with Crippen LogP contribution < -0.4 is 4.90 Å². The minimum Gasteiger partial charge on any atom is -0.508 e. The van der Waals surface area contributed by atoms with Crippen molar-refractivity contribution in [3.63, 3.8) is 0 Å². The van der Waals surface area contributed by atoms with Crippen molar-refractivity contribution < 1.29 is 14.7 Å². The highest BCUT2D eigenvalue weighted by Crippen LogP contribution is 2.73. The molecular weight excluding hydrogens is 266 g/mol. The summed E-state index contributed by atoms with van der Waals surface area (Å²) >= 11 is 0. The van der Waals surface area contributed by atoms with Gasteiger partial charge >= 0.3 is 0 Å². The number of hydrogen-bond donors (Lipinski definition) is 1. The summed E-state index contributed by atoms with van der Waals surface area (Å²) in [6.45, 7) is 0. The minimum atomic E-state index is -0.163. The van der Waals surface area contributed by atoms with Crippen LogP contribution in [0.5, 0.6) is 5.75 Å². The van der Waals surface area contributed by atoms with Gasteiger partial charge in [-0.05, 0) is 54.4 Å². The summed E-state index contributed by atoms with van der Waals surface area (Å²) in [4.78, 5) is 26.9. The number of nitrogens with zero attached hydrogens (tertiary/aromatic N) is 1. The van der Waals surface area contributed by atoms with E-state index in [-0.39, 0.29) is 46.7 Å². The van der Waals surface area contributed by atoms with E-state index in [1.807, 2.05) is 0 Å². The Labute approximate surface area is 122 Å². The number of carbonyl (C=O) groups excluding carboxylic acids is 2. The summed E-state index contributed by atoms with van der Waals surface area (Å²) in [5, 5.41) is 9.37. The van der Waals surface area contributed by atoms with Gasteiger partial charge in [0, 0.05) is 0 Å². The van der Waals surface area contributed by atoms with Crippen LogP contribution in [0.3, 0.4) is 0 Å². The Morgan fingerprint density at radius 1 is 0.952 bits per heavy atom. The lowest BCUT2D eigenvalue weighted by Crippen LogP contribution is -2.34. The molecule has 3 aliphatic carbocycles. The Bertz CT molecular complexity index is 667. The smallest absolute Gasteiger partial charge is 0.238 e. The molecule has 21 heavy (non-hydrogen) atoms. The highest BCUT2D eigenvalue weighted by Gasteiger charge is 2.73. The molecule has 1 aromatic rings. The summed E-state index contributed by atoms with van der Waals surface area (Å²) in [5.41, 5.74) is 0.809. The van der Waals surface area contributed by atoms with Crippen molar-refractivity contribution in [3.8, 4) is 5.75 Å². The minimum absolute atomic E-state index is 0.0567. The van der Waals surface area contributed by atoms with Gasteiger partial charge in [-0.15, -0.1) is 0 Å². The van der Waals surface area contributed by atoms with Crippen molar-refractivity contribution in [2.45, 2.75) is 12.8 Å². The van der Waals surface area contributed by atoms with Crippen molar-refractivity contribution in [2.24, 2.45) is 29.1 Å². The van der Waals surface area contributed by atoms with Gasteiger partial charge in [-0.3, -0.25) is 14.5 Å². The summed E-state index contributed by atoms with van der Waals surface area (Å²) in [6.07, 6.45) is 6.65. The number of amides is 2. The zero-order chi connectivity index (χ0) is 14.4. The van der Waals surface area contributed by atoms with Crippen LogP contribution in [0.15, 0.2) is 36.4 Å². The summed E-state index contributed by atoms with van der Waals surface area (Å²) in [7, 11) is 0. The first-order valence-electron chi connectivity index (χ1n) is 7.49. The molecule has 1 saturated heterocycles. The van der Waals surface area contributed by atoms with E-state index in [0.717, 1.165) is 12.8 Å². The first-order chi connectivity index (χ1) is 10.1. The summed E-state index contributed by atoms with van der Waals surface area (Å²) in [6, 6.07) is 6.29. The van der Waals surface area contributed by atoms with E-state index in [1.54, 1.807) is 12.1 Å². The van der Waals surface area contributed by atoms with Crippen LogP contribution in [-0.4, -0.2) is 16.9 Å². The van der Waals surface area contributed by atoms with Crippen LogP contribution in [0, 0.1) is 29.1 Å². The maximum absolute atomic E-state index is 12.8. The van der Waals surface area contributed by atoms with E-state index in [4.69, 9.17) is 0 Å². The Balaban J connectivity index is 1.57. The zero-order valence-electron chi connectivity index (χ0n) is 11.4. The average molecular weight is 281 g/mol. The standard InChI is InChI=1S/C17H15NO3/c19-10-3-1-9(2-4-10)18-15(20)13-11-5-6-12(14(13)16(18)21)17(11)7-8-17/h1-6,11-14,19H,7-8H2/t11-,12-,13-,14-/m1/s1. The molecule has 2 bridgehead atoms. The molecule has 3 fully saturated rings. The van der Waals surface area contributed by atoms with E-state index in [1.165, 1.54) is 17.0 Å². The number of anilines is 1. The lowest BCUT2D eigenvalue weighted by atomic mass is 9.85. The second-order valence-corrected chi connectivity index (χ2v) is 6.75. The topological polar surface area (TPSA) is 57.6 Å². The van der Waals surface area contributed by atoms with Gasteiger partial charge in [0.25, 0.3) is 0 Å². The highest BCUT2D eigenvalue weighted by molar-refractivity contribution is 6.23. The van der Waals surface area contributed by atoms with E-state index in [0.29, 0.717) is 5.69 Å². The number of allylic oxidation sites excluding steroid dienone is 2. The molecule has 106 valence electrons. The number of imide groups is 1. The zero-order valence-corrected chi connectivity index (χ0v) is 11.4. The molecule has 1 heterocycles. The number of hydrogen-bond acceptors (Lipinski definition) is 3. The van der Waals surface area contributed by atoms with Gasteiger partial charge in [0.15, 0.2) is 0 Å². The number of rotatable bonds is 1. The molecule has 2 saturated carbocycles. The van der Waals surface area contributed by atoms with Crippen molar-refractivity contribution in [2.75, 3.05) is 4.90 Å². The normalized spacial score (nSPS) is 37.6. The van der Waals surface area contributed by atoms with Crippen LogP contribution in [0.4, 0.5) is 5.69 Å². The van der Waals surface area contributed by atoms with Gasteiger partial charge in [-0.25, -0.2) is 0 Å². The van der Waals surface area contributed by atoms with E-state index in [2.05, 4.69) is 12.2 Å². The van der Waals surface area contributed by atoms with Crippen molar-refractivity contribution >= 4 is 17.5 Å². The second-order valence-electron chi connectivity index (χ2n) is 6.75. The van der Waals surface area contributed by atoms with Gasteiger partial charge < -0.3 is 5.11 Å². The molecule has 4 aliphatic rings. The van der Waals surface area contributed by atoms with E-state index < -0.39 is 0 Å². The molecular formula is C17H15NO3. The molecule has 4 atom stereocenters. The first-order valence-corrected chi connectivity index (χ1v) is 7.49. The maximum atomic E-state index is 12.8. The molecule has 1 spiro atoms. The Morgan fingerprint density at radius 2 is 1.48 bits per heavy atom. The third kappa shape index (κ3) is 1.18. The SMILES string of the molecule is O=C1[C@H]2[C@H](C(=O)N1c1ccc(O)cc1)[C@H]1C=C[C@H]2C12CC2. The lowest BCUT2D eigenvalue weighted by Gasteiger charge is -2.21. The predicted octanol–water partition coefficient (Wildman–Crippen LogP) is 2.09. The van der Waals surface area contributed by atoms with E-state index in [9.17, 15) is 14.7 Å². The van der Waals surface area contributed by atoms with Crippen LogP contribution in [0.1, 0.15) is 12.8 Å². The molecule has 4 nitrogen and oxygen atoms in total. The molecule has 0 aromatic heterocycles. The predicted molar refractivity (Wildman–Crippen MR) is 75.4 cm³/mol. The quantitative estimate of drug-likeness (QED) is 0.633. The summed E-state index contributed by atoms with van der Waals surface area (Å²) < 4.78 is 0. The fourth-order valence-corrected chi connectivity index (χ4v) is 4.93. The Morgan fingerprint density at radius 3 is 1.95 bits per heavy atom. The number of aromatic hydroxyl groups is 1. The fraction of sp³-hybridized carbons (Fsp3) is 0.412. The van der Waals surface area contributed by atoms with Crippen LogP contribution in [-0.2, 0) is 9.59 Å². The number of carbonyl (C=O) groups is 2. The van der Waals surface area contributed by atoms with Crippen LogP contribution in [0.2, 0.25) is 0 Å². The monoisotopic (exact) mass is 281 g/mol. The molecule has 1 aromatic carbocycles. The Hall–Kier alpha value is -2.10. The molecule has 4 heteroatoms. The number of phenolic OH excluding ortho intramolecular Hbond substituents is 1. The van der Waals surface area contributed by atoms with Gasteiger partial charge in [0.2, 0.25) is 11.8 Å². The lowest BCUT2D eigenvalue weighted by molar-refractivity contribution is -0.123. The van der Waals surface area contributed by atoms with Gasteiger partial charge in [-0.1, -0.05) is 12.2 Å². The molecule has 2 amide bonds. The molecule has 1 aliphatic heterocycles. The number of fused-ring (bicyclic) bond motifs is 3. The van der Waals surface area contributed by atoms with Gasteiger partial charge in [0.1, 0.15) is 5.75 Å². The van der Waals surface area contributed by atoms with Crippen molar-refractivity contribution in [1.29, 1.82) is 0 Å².